The molecule has 7 heteroatoms. The molecule has 4 aliphatic carbocycles. The van der Waals surface area contributed by atoms with E-state index in [1.807, 2.05) is 13.1 Å². The lowest BCUT2D eigenvalue weighted by molar-refractivity contribution is -0.132. The summed E-state index contributed by atoms with van der Waals surface area (Å²) >= 11 is 0. The van der Waals surface area contributed by atoms with Crippen LogP contribution in [0.15, 0.2) is 23.9 Å². The highest BCUT2D eigenvalue weighted by Gasteiger charge is 2.59. The lowest BCUT2D eigenvalue weighted by Crippen LogP contribution is -2.51. The van der Waals surface area contributed by atoms with Gasteiger partial charge in [-0.25, -0.2) is 4.98 Å². The van der Waals surface area contributed by atoms with Gasteiger partial charge in [-0.15, -0.1) is 0 Å². The van der Waals surface area contributed by atoms with Gasteiger partial charge in [-0.05, 0) is 104 Å². The predicted octanol–water partition coefficient (Wildman–Crippen LogP) is 5.52. The molecule has 0 aromatic carbocycles. The molecule has 1 saturated heterocycles. The first kappa shape index (κ1) is 28.0. The van der Waals surface area contributed by atoms with E-state index in [9.17, 15) is 9.90 Å². The summed E-state index contributed by atoms with van der Waals surface area (Å²) in [7, 11) is 1.83. The van der Waals surface area contributed by atoms with E-state index in [0.29, 0.717) is 35.0 Å². The second kappa shape index (κ2) is 10.9. The highest BCUT2D eigenvalue weighted by Crippen LogP contribution is 2.67. The van der Waals surface area contributed by atoms with Crippen LogP contribution in [-0.2, 0) is 4.79 Å². The molecule has 4 fully saturated rings. The Morgan fingerprint density at radius 1 is 1.12 bits per heavy atom. The fourth-order valence-corrected chi connectivity index (χ4v) is 10.2. The third kappa shape index (κ3) is 4.84. The van der Waals surface area contributed by atoms with E-state index in [1.165, 1.54) is 32.1 Å². The normalized spacial score (nSPS) is 38.1. The molecule has 1 aliphatic heterocycles. The molecule has 1 aromatic heterocycles. The quantitative estimate of drug-likeness (QED) is 0.455. The molecule has 0 spiro atoms. The molecule has 3 saturated carbocycles. The average Bonchev–Trinajstić information content (AvgIpc) is 3.33. The van der Waals surface area contributed by atoms with E-state index >= 15 is 0 Å². The fourth-order valence-electron chi connectivity index (χ4n) is 10.2. The maximum absolute atomic E-state index is 13.3. The summed E-state index contributed by atoms with van der Waals surface area (Å²) in [6, 6.07) is 1.95. The molecular formula is C33H51N5O2. The van der Waals surface area contributed by atoms with Crippen LogP contribution in [0.25, 0.3) is 0 Å². The predicted molar refractivity (Wildman–Crippen MR) is 160 cm³/mol. The summed E-state index contributed by atoms with van der Waals surface area (Å²) in [4.78, 5) is 26.4. The summed E-state index contributed by atoms with van der Waals surface area (Å²) < 4.78 is 0. The lowest BCUT2D eigenvalue weighted by Gasteiger charge is -2.58. The maximum atomic E-state index is 13.3. The number of hydrogen-bond donors (Lipinski definition) is 2. The Morgan fingerprint density at radius 2 is 1.93 bits per heavy atom. The molecule has 220 valence electrons. The summed E-state index contributed by atoms with van der Waals surface area (Å²) in [5.74, 6) is 5.62. The Labute approximate surface area is 241 Å². The van der Waals surface area contributed by atoms with Gasteiger partial charge in [-0.1, -0.05) is 32.4 Å². The molecule has 8 atom stereocenters. The number of anilines is 2. The Kier molecular flexibility index (Phi) is 7.64. The van der Waals surface area contributed by atoms with E-state index in [2.05, 4.69) is 51.9 Å². The van der Waals surface area contributed by atoms with Crippen molar-refractivity contribution in [2.75, 3.05) is 43.4 Å². The molecule has 1 unspecified atom stereocenters. The van der Waals surface area contributed by atoms with Crippen molar-refractivity contribution >= 4 is 17.7 Å². The van der Waals surface area contributed by atoms with Crippen LogP contribution in [0.3, 0.4) is 0 Å². The Morgan fingerprint density at radius 3 is 2.70 bits per heavy atom. The second-order valence-electron chi connectivity index (χ2n) is 14.3. The highest BCUT2D eigenvalue weighted by atomic mass is 16.3. The first-order valence-electron chi connectivity index (χ1n) is 16.1. The third-order valence-corrected chi connectivity index (χ3v) is 12.5. The highest BCUT2D eigenvalue weighted by molar-refractivity contribution is 5.76. The standard InChI is InChI=1S/C33H51N5O2/c1-22(5-10-30(40)38-19-17-37(18-20-38)29-13-16-35-31(34-4)36-29)26-8-9-27-25-7-6-23-21-24(39)11-14-32(23,2)28(25)12-15-33(26,27)3/h6,13,16,22,24-28,39H,5,7-12,14-15,17-21H2,1-4H3,(H,34,35,36)/t22?,24-,25-,26+,27-,28-,32-,33+/m0/s1. The molecule has 0 bridgehead atoms. The number of amides is 1. The molecule has 7 nitrogen and oxygen atoms in total. The number of rotatable bonds is 6. The molecule has 1 amide bonds. The number of nitrogens with zero attached hydrogens (tertiary/aromatic N) is 4. The van der Waals surface area contributed by atoms with Gasteiger partial charge >= 0.3 is 0 Å². The van der Waals surface area contributed by atoms with Crippen LogP contribution in [0, 0.1) is 40.4 Å². The Bertz CT molecular complexity index is 1120. The number of aliphatic hydroxyl groups excluding tert-OH is 1. The lowest BCUT2D eigenvalue weighted by atomic mass is 9.47. The summed E-state index contributed by atoms with van der Waals surface area (Å²) in [6.07, 6.45) is 15.5. The third-order valence-electron chi connectivity index (χ3n) is 12.5. The van der Waals surface area contributed by atoms with E-state index in [-0.39, 0.29) is 6.10 Å². The van der Waals surface area contributed by atoms with Crippen LogP contribution in [0.1, 0.15) is 85.0 Å². The minimum atomic E-state index is -0.127. The topological polar surface area (TPSA) is 81.6 Å². The van der Waals surface area contributed by atoms with Crippen molar-refractivity contribution in [3.8, 4) is 0 Å². The van der Waals surface area contributed by atoms with Crippen molar-refractivity contribution < 1.29 is 9.90 Å². The second-order valence-corrected chi connectivity index (χ2v) is 14.3. The summed E-state index contributed by atoms with van der Waals surface area (Å²) in [5, 5.41) is 13.3. The number of carbonyl (C=O) groups excluding carboxylic acids is 1. The molecule has 6 rings (SSSR count). The van der Waals surface area contributed by atoms with Gasteiger partial charge in [0.25, 0.3) is 0 Å². The van der Waals surface area contributed by atoms with Gasteiger partial charge in [-0.2, -0.15) is 4.98 Å². The molecule has 5 aliphatic rings. The van der Waals surface area contributed by atoms with Crippen LogP contribution in [-0.4, -0.2) is 65.2 Å². The zero-order valence-electron chi connectivity index (χ0n) is 25.2. The number of hydrogen-bond acceptors (Lipinski definition) is 6. The first-order valence-corrected chi connectivity index (χ1v) is 16.1. The van der Waals surface area contributed by atoms with E-state index < -0.39 is 0 Å². The van der Waals surface area contributed by atoms with Crippen LogP contribution < -0.4 is 10.2 Å². The van der Waals surface area contributed by atoms with Crippen LogP contribution >= 0.6 is 0 Å². The smallest absolute Gasteiger partial charge is 0.224 e. The first-order chi connectivity index (χ1) is 19.2. The van der Waals surface area contributed by atoms with Crippen molar-refractivity contribution in [3.05, 3.63) is 23.9 Å². The van der Waals surface area contributed by atoms with Crippen molar-refractivity contribution in [3.63, 3.8) is 0 Å². The number of aliphatic hydroxyl groups is 1. The monoisotopic (exact) mass is 549 g/mol. The number of allylic oxidation sites excluding steroid dienone is 1. The number of nitrogens with one attached hydrogen (secondary N) is 1. The number of carbonyl (C=O) groups is 1. The van der Waals surface area contributed by atoms with Crippen molar-refractivity contribution in [1.29, 1.82) is 0 Å². The Balaban J connectivity index is 1.03. The minimum Gasteiger partial charge on any atom is -0.393 e. The molecule has 40 heavy (non-hydrogen) atoms. The zero-order chi connectivity index (χ0) is 28.1. The van der Waals surface area contributed by atoms with Gasteiger partial charge in [0.15, 0.2) is 0 Å². The SMILES string of the molecule is CNc1nccc(N2CCN(C(=O)CCC(C)[C@H]3CC[C@H]4[C@@H]5CC=C6C[C@@H](O)CC[C@]6(C)[C@H]5CC[C@]34C)CC2)n1. The number of fused-ring (bicyclic) bond motifs is 5. The summed E-state index contributed by atoms with van der Waals surface area (Å²) in [6.45, 7) is 10.8. The molecular weight excluding hydrogens is 498 g/mol. The number of aromatic nitrogens is 2. The van der Waals surface area contributed by atoms with E-state index in [4.69, 9.17) is 0 Å². The van der Waals surface area contributed by atoms with E-state index in [0.717, 1.165) is 81.4 Å². The summed E-state index contributed by atoms with van der Waals surface area (Å²) in [5.41, 5.74) is 2.29. The van der Waals surface area contributed by atoms with Crippen LogP contribution in [0.5, 0.6) is 0 Å². The van der Waals surface area contributed by atoms with Crippen molar-refractivity contribution in [1.82, 2.24) is 14.9 Å². The van der Waals surface area contributed by atoms with Crippen molar-refractivity contribution in [2.45, 2.75) is 91.1 Å². The van der Waals surface area contributed by atoms with Crippen LogP contribution in [0.2, 0.25) is 0 Å². The molecule has 0 radical (unpaired) electrons. The number of piperazine rings is 1. The molecule has 1 aromatic rings. The van der Waals surface area contributed by atoms with Gasteiger partial charge in [0, 0.05) is 45.8 Å². The molecule has 2 heterocycles. The van der Waals surface area contributed by atoms with Gasteiger partial charge in [0.1, 0.15) is 5.82 Å². The van der Waals surface area contributed by atoms with Gasteiger partial charge in [0.2, 0.25) is 11.9 Å². The minimum absolute atomic E-state index is 0.127. The maximum Gasteiger partial charge on any atom is 0.224 e. The Hall–Kier alpha value is -2.15. The largest absolute Gasteiger partial charge is 0.393 e. The van der Waals surface area contributed by atoms with Gasteiger partial charge in [0.05, 0.1) is 6.10 Å². The van der Waals surface area contributed by atoms with Crippen LogP contribution in [0.4, 0.5) is 11.8 Å². The zero-order valence-corrected chi connectivity index (χ0v) is 25.2. The fraction of sp³-hybridized carbons (Fsp3) is 0.788. The molecule has 2 N–H and O–H groups in total. The van der Waals surface area contributed by atoms with Gasteiger partial charge < -0.3 is 20.2 Å². The van der Waals surface area contributed by atoms with E-state index in [1.54, 1.807) is 11.8 Å². The average molecular weight is 550 g/mol. The van der Waals surface area contributed by atoms with Gasteiger partial charge in [-0.3, -0.25) is 4.79 Å². The van der Waals surface area contributed by atoms with Crippen molar-refractivity contribution in [2.24, 2.45) is 40.4 Å².